The summed E-state index contributed by atoms with van der Waals surface area (Å²) >= 11 is 1.11. The second-order valence-electron chi connectivity index (χ2n) is 12.7. The molecule has 0 amide bonds. The van der Waals surface area contributed by atoms with Gasteiger partial charge in [0.05, 0.1) is 57.8 Å². The average Bonchev–Trinajstić information content (AvgIpc) is 3.73. The van der Waals surface area contributed by atoms with E-state index in [-0.39, 0.29) is 39.5 Å². The highest BCUT2D eigenvalue weighted by Gasteiger charge is 2.46. The minimum absolute atomic E-state index is 0.0133. The van der Waals surface area contributed by atoms with Gasteiger partial charge in [-0.05, 0) is 37.8 Å². The average molecular weight is 653 g/mol. The van der Waals surface area contributed by atoms with Crippen LogP contribution in [0.3, 0.4) is 0 Å². The lowest BCUT2D eigenvalue weighted by Crippen LogP contribution is -2.44. The van der Waals surface area contributed by atoms with Gasteiger partial charge in [-0.3, -0.25) is 9.88 Å². The third kappa shape index (κ3) is 6.45. The molecule has 2 aromatic heterocycles. The van der Waals surface area contributed by atoms with Crippen molar-refractivity contribution in [2.45, 2.75) is 57.6 Å². The Hall–Kier alpha value is -3.31. The van der Waals surface area contributed by atoms with E-state index in [0.29, 0.717) is 54.2 Å². The van der Waals surface area contributed by atoms with Gasteiger partial charge in [0.1, 0.15) is 18.3 Å². The number of alkyl halides is 1. The molecule has 2 aliphatic carbocycles. The van der Waals surface area contributed by atoms with Gasteiger partial charge in [-0.1, -0.05) is 31.2 Å². The summed E-state index contributed by atoms with van der Waals surface area (Å²) in [6.07, 6.45) is 8.77. The zero-order valence-electron chi connectivity index (χ0n) is 26.5. The molecule has 46 heavy (non-hydrogen) atoms. The first-order chi connectivity index (χ1) is 22.3. The number of unbranched alkanes of at least 4 members (excludes halogenated alkanes) is 1. The third-order valence-corrected chi connectivity index (χ3v) is 10.5. The molecule has 0 bridgehead atoms. The number of halogens is 2. The first kappa shape index (κ1) is 32.6. The Labute approximate surface area is 272 Å². The minimum atomic E-state index is -0.879. The lowest BCUT2D eigenvalue weighted by Gasteiger charge is -2.33. The molecule has 0 radical (unpaired) electrons. The van der Waals surface area contributed by atoms with Crippen molar-refractivity contribution in [1.29, 1.82) is 5.26 Å². The van der Waals surface area contributed by atoms with Crippen LogP contribution in [0.5, 0.6) is 6.01 Å². The maximum atomic E-state index is 15.2. The number of morpholine rings is 1. The standard InChI is InChI=1S/C33H42F2N8O2S/c1-3-4-10-43(11-9-36)31-24-16-39-27(21-5-6-25(35)29-26(21)23(15-37)30(38)46-29)22(14-34)28(24)40-32(41-31)45-19-33(7-8-33)18-42-12-13-44-20(2)17-42/h5-6,16,20,26,29H,3-4,7-14,17-19,36,38H2,1-2H3/t20-,26?,29?/m1/s1. The SMILES string of the molecule is CCCCN(CCN)c1nc(OCC2(CN3CCO[C@H](C)C3)CC2)nc2c(CF)c(C3=CC=C(F)C4SC(N)=C(C#N)C34)ncc12. The van der Waals surface area contributed by atoms with Gasteiger partial charge in [0.25, 0.3) is 0 Å². The van der Waals surface area contributed by atoms with Crippen molar-refractivity contribution in [3.05, 3.63) is 46.0 Å². The van der Waals surface area contributed by atoms with Crippen LogP contribution in [0.2, 0.25) is 0 Å². The van der Waals surface area contributed by atoms with Crippen molar-refractivity contribution in [1.82, 2.24) is 19.9 Å². The maximum Gasteiger partial charge on any atom is 0.318 e. The predicted molar refractivity (Wildman–Crippen MR) is 176 cm³/mol. The van der Waals surface area contributed by atoms with Gasteiger partial charge in [0.2, 0.25) is 0 Å². The normalized spacial score (nSPS) is 24.0. The summed E-state index contributed by atoms with van der Waals surface area (Å²) < 4.78 is 42.2. The first-order valence-electron chi connectivity index (χ1n) is 16.1. The van der Waals surface area contributed by atoms with E-state index >= 15 is 4.39 Å². The van der Waals surface area contributed by atoms with Crippen LogP contribution >= 0.6 is 11.8 Å². The molecular weight excluding hydrogens is 610 g/mol. The van der Waals surface area contributed by atoms with Crippen LogP contribution in [-0.4, -0.2) is 83.7 Å². The molecule has 2 aromatic rings. The van der Waals surface area contributed by atoms with Crippen LogP contribution in [0.4, 0.5) is 14.6 Å². The molecule has 1 saturated carbocycles. The van der Waals surface area contributed by atoms with Crippen molar-refractivity contribution in [3.63, 3.8) is 0 Å². The lowest BCUT2D eigenvalue weighted by atomic mass is 9.82. The zero-order valence-corrected chi connectivity index (χ0v) is 27.3. The summed E-state index contributed by atoms with van der Waals surface area (Å²) in [4.78, 5) is 18.9. The van der Waals surface area contributed by atoms with Crippen molar-refractivity contribution in [2.24, 2.45) is 22.8 Å². The number of nitrogens with two attached hydrogens (primary N) is 2. The Bertz CT molecular complexity index is 1600. The van der Waals surface area contributed by atoms with Crippen molar-refractivity contribution in [3.8, 4) is 12.1 Å². The molecule has 4 N–H and O–H groups in total. The fourth-order valence-electron chi connectivity index (χ4n) is 6.69. The van der Waals surface area contributed by atoms with Crippen molar-refractivity contribution in [2.75, 3.05) is 57.4 Å². The molecule has 4 heterocycles. The molecule has 246 valence electrons. The van der Waals surface area contributed by atoms with Gasteiger partial charge >= 0.3 is 6.01 Å². The number of aromatic nitrogens is 3. The number of rotatable bonds is 13. The summed E-state index contributed by atoms with van der Waals surface area (Å²) in [7, 11) is 0. The smallest absolute Gasteiger partial charge is 0.318 e. The van der Waals surface area contributed by atoms with E-state index in [4.69, 9.17) is 35.9 Å². The third-order valence-electron chi connectivity index (χ3n) is 9.32. The van der Waals surface area contributed by atoms with Crippen molar-refractivity contribution >= 4 is 34.1 Å². The first-order valence-corrected chi connectivity index (χ1v) is 17.0. The quantitative estimate of drug-likeness (QED) is 0.314. The van der Waals surface area contributed by atoms with E-state index in [2.05, 4.69) is 29.7 Å². The van der Waals surface area contributed by atoms with Crippen LogP contribution in [-0.2, 0) is 11.4 Å². The molecule has 0 aromatic carbocycles. The fourth-order valence-corrected chi connectivity index (χ4v) is 7.87. The molecule has 2 fully saturated rings. The molecule has 3 atom stereocenters. The van der Waals surface area contributed by atoms with Crippen LogP contribution in [0.1, 0.15) is 50.8 Å². The fraction of sp³-hybridized carbons (Fsp3) is 0.576. The van der Waals surface area contributed by atoms with Gasteiger partial charge in [-0.2, -0.15) is 15.2 Å². The van der Waals surface area contributed by atoms with Gasteiger partial charge < -0.3 is 25.8 Å². The summed E-state index contributed by atoms with van der Waals surface area (Å²) in [6, 6.07) is 2.32. The van der Waals surface area contributed by atoms with Gasteiger partial charge in [-0.15, -0.1) is 0 Å². The number of fused-ring (bicyclic) bond motifs is 2. The van der Waals surface area contributed by atoms with Crippen LogP contribution < -0.4 is 21.1 Å². The molecule has 6 rings (SSSR count). The highest BCUT2D eigenvalue weighted by atomic mass is 32.2. The Balaban J connectivity index is 1.40. The number of hydrogen-bond acceptors (Lipinski definition) is 11. The number of ether oxygens (including phenoxy) is 2. The predicted octanol–water partition coefficient (Wildman–Crippen LogP) is 4.62. The lowest BCUT2D eigenvalue weighted by molar-refractivity contribution is -0.0273. The van der Waals surface area contributed by atoms with Crippen molar-refractivity contribution < 1.29 is 18.3 Å². The van der Waals surface area contributed by atoms with Crippen LogP contribution in [0, 0.1) is 22.7 Å². The number of nitrogens with zero attached hydrogens (tertiary/aromatic N) is 6. The Kier molecular flexibility index (Phi) is 9.80. The Morgan fingerprint density at radius 3 is 2.80 bits per heavy atom. The number of hydrogen-bond donors (Lipinski definition) is 2. The van der Waals surface area contributed by atoms with Crippen LogP contribution in [0.15, 0.2) is 34.8 Å². The zero-order chi connectivity index (χ0) is 32.4. The van der Waals surface area contributed by atoms with Gasteiger partial charge in [0, 0.05) is 62.4 Å². The molecule has 4 aliphatic rings. The Morgan fingerprint density at radius 2 is 2.11 bits per heavy atom. The van der Waals surface area contributed by atoms with E-state index in [0.717, 1.165) is 63.7 Å². The summed E-state index contributed by atoms with van der Waals surface area (Å²) in [5.41, 5.74) is 13.9. The molecule has 13 heteroatoms. The number of allylic oxidation sites excluding steroid dienone is 4. The van der Waals surface area contributed by atoms with Gasteiger partial charge in [0.15, 0.2) is 0 Å². The molecule has 1 saturated heterocycles. The minimum Gasteiger partial charge on any atom is -0.463 e. The van der Waals surface area contributed by atoms with E-state index < -0.39 is 17.8 Å². The summed E-state index contributed by atoms with van der Waals surface area (Å²) in [5, 5.41) is 10.1. The van der Waals surface area contributed by atoms with Crippen LogP contribution in [0.25, 0.3) is 16.5 Å². The highest BCUT2D eigenvalue weighted by Crippen LogP contribution is 2.52. The summed E-state index contributed by atoms with van der Waals surface area (Å²) in [6.45, 7) is 8.87. The van der Waals surface area contributed by atoms with E-state index in [1.165, 1.54) is 6.08 Å². The topological polar surface area (TPSA) is 139 Å². The highest BCUT2D eigenvalue weighted by molar-refractivity contribution is 8.04. The molecule has 2 unspecified atom stereocenters. The molecule has 2 aliphatic heterocycles. The van der Waals surface area contributed by atoms with Gasteiger partial charge in [-0.25, -0.2) is 8.78 Å². The van der Waals surface area contributed by atoms with E-state index in [1.807, 2.05) is 0 Å². The molecular formula is C33H42F2N8O2S. The number of anilines is 1. The Morgan fingerprint density at radius 1 is 1.28 bits per heavy atom. The number of pyridine rings is 1. The largest absolute Gasteiger partial charge is 0.463 e. The maximum absolute atomic E-state index is 15.2. The number of nitriles is 1. The summed E-state index contributed by atoms with van der Waals surface area (Å²) in [5.74, 6) is -0.467. The number of thioether (sulfide) groups is 1. The second kappa shape index (κ2) is 13.8. The second-order valence-corrected chi connectivity index (χ2v) is 13.9. The van der Waals surface area contributed by atoms with E-state index in [9.17, 15) is 9.65 Å². The van der Waals surface area contributed by atoms with E-state index in [1.54, 1.807) is 12.3 Å². The monoisotopic (exact) mass is 652 g/mol. The molecule has 0 spiro atoms. The molecule has 10 nitrogen and oxygen atoms in total.